The Bertz CT molecular complexity index is 520. The Morgan fingerprint density at radius 2 is 2.35 bits per heavy atom. The number of nitrogen functional groups attached to an aromatic ring is 1. The van der Waals surface area contributed by atoms with Gasteiger partial charge in [0.1, 0.15) is 11.9 Å². The summed E-state index contributed by atoms with van der Waals surface area (Å²) in [4.78, 5) is 8.23. The molecular weight excluding hydrogens is 220 g/mol. The highest BCUT2D eigenvalue weighted by atomic mass is 16.5. The van der Waals surface area contributed by atoms with Crippen molar-refractivity contribution in [3.05, 3.63) is 24.2 Å². The van der Waals surface area contributed by atoms with Crippen LogP contribution in [0.5, 0.6) is 0 Å². The predicted octanol–water partition coefficient (Wildman–Crippen LogP) is 1.57. The van der Waals surface area contributed by atoms with Gasteiger partial charge in [-0.25, -0.2) is 4.98 Å². The van der Waals surface area contributed by atoms with E-state index in [2.05, 4.69) is 15.1 Å². The minimum atomic E-state index is -0.0355. The zero-order valence-electron chi connectivity index (χ0n) is 9.17. The van der Waals surface area contributed by atoms with Crippen molar-refractivity contribution in [3.63, 3.8) is 0 Å². The van der Waals surface area contributed by atoms with Crippen LogP contribution in [0.4, 0.5) is 5.82 Å². The van der Waals surface area contributed by atoms with Crippen LogP contribution in [-0.2, 0) is 4.74 Å². The lowest BCUT2D eigenvalue weighted by molar-refractivity contribution is 0.103. The van der Waals surface area contributed by atoms with Crippen LogP contribution in [0.15, 0.2) is 22.9 Å². The van der Waals surface area contributed by atoms with Crippen LogP contribution < -0.4 is 5.73 Å². The van der Waals surface area contributed by atoms with Crippen molar-refractivity contribution >= 4 is 5.82 Å². The van der Waals surface area contributed by atoms with Crippen molar-refractivity contribution in [1.29, 1.82) is 0 Å². The first-order chi connectivity index (χ1) is 8.33. The van der Waals surface area contributed by atoms with Crippen LogP contribution >= 0.6 is 0 Å². The third-order valence-corrected chi connectivity index (χ3v) is 2.69. The molecule has 3 rings (SSSR count). The van der Waals surface area contributed by atoms with E-state index in [-0.39, 0.29) is 6.10 Å². The summed E-state index contributed by atoms with van der Waals surface area (Å²) in [6.45, 7) is 0.761. The third-order valence-electron chi connectivity index (χ3n) is 2.69. The van der Waals surface area contributed by atoms with Crippen LogP contribution in [0, 0.1) is 0 Å². The van der Waals surface area contributed by atoms with E-state index in [4.69, 9.17) is 15.0 Å². The molecule has 1 atom stereocenters. The van der Waals surface area contributed by atoms with E-state index in [0.29, 0.717) is 17.5 Å². The Labute approximate surface area is 97.8 Å². The maximum absolute atomic E-state index is 5.60. The lowest BCUT2D eigenvalue weighted by atomic mass is 10.2. The fourth-order valence-electron chi connectivity index (χ4n) is 1.85. The van der Waals surface area contributed by atoms with Gasteiger partial charge in [0.05, 0.1) is 0 Å². The first-order valence-electron chi connectivity index (χ1n) is 5.50. The van der Waals surface area contributed by atoms with Crippen LogP contribution in [0.3, 0.4) is 0 Å². The second kappa shape index (κ2) is 4.14. The van der Waals surface area contributed by atoms with Crippen molar-refractivity contribution in [2.24, 2.45) is 0 Å². The molecule has 0 aliphatic carbocycles. The smallest absolute Gasteiger partial charge is 0.258 e. The molecule has 1 aliphatic heterocycles. The normalized spacial score (nSPS) is 19.6. The Morgan fingerprint density at radius 1 is 1.41 bits per heavy atom. The van der Waals surface area contributed by atoms with Crippen molar-refractivity contribution in [2.45, 2.75) is 18.9 Å². The van der Waals surface area contributed by atoms with E-state index >= 15 is 0 Å². The minimum Gasteiger partial charge on any atom is -0.384 e. The molecule has 0 spiro atoms. The fourth-order valence-corrected chi connectivity index (χ4v) is 1.85. The van der Waals surface area contributed by atoms with E-state index in [0.717, 1.165) is 25.0 Å². The van der Waals surface area contributed by atoms with Crippen LogP contribution in [0.2, 0.25) is 0 Å². The molecule has 88 valence electrons. The summed E-state index contributed by atoms with van der Waals surface area (Å²) in [5.74, 6) is 1.48. The highest BCUT2D eigenvalue weighted by molar-refractivity contribution is 5.56. The molecular formula is C11H12N4O2. The first kappa shape index (κ1) is 10.2. The fraction of sp³-hybridized carbons (Fsp3) is 0.364. The van der Waals surface area contributed by atoms with Gasteiger partial charge in [0, 0.05) is 18.4 Å². The molecule has 0 radical (unpaired) electrons. The lowest BCUT2D eigenvalue weighted by Gasteiger charge is -2.00. The average Bonchev–Trinajstić information content (AvgIpc) is 3.00. The van der Waals surface area contributed by atoms with Crippen molar-refractivity contribution in [3.8, 4) is 11.5 Å². The molecule has 3 heterocycles. The number of hydrogen-bond acceptors (Lipinski definition) is 6. The van der Waals surface area contributed by atoms with Gasteiger partial charge in [-0.15, -0.1) is 0 Å². The molecule has 2 aromatic rings. The molecule has 0 bridgehead atoms. The highest BCUT2D eigenvalue weighted by Gasteiger charge is 2.23. The number of aromatic nitrogens is 3. The molecule has 2 aromatic heterocycles. The van der Waals surface area contributed by atoms with E-state index in [9.17, 15) is 0 Å². The molecule has 1 unspecified atom stereocenters. The molecule has 1 aliphatic rings. The monoisotopic (exact) mass is 232 g/mol. The van der Waals surface area contributed by atoms with Gasteiger partial charge in [0.15, 0.2) is 0 Å². The van der Waals surface area contributed by atoms with E-state index in [1.165, 1.54) is 0 Å². The summed E-state index contributed by atoms with van der Waals surface area (Å²) in [5.41, 5.74) is 6.37. The lowest BCUT2D eigenvalue weighted by Crippen LogP contribution is -1.97. The Balaban J connectivity index is 1.89. The van der Waals surface area contributed by atoms with Crippen LogP contribution in [0.25, 0.3) is 11.5 Å². The Morgan fingerprint density at radius 3 is 3.12 bits per heavy atom. The van der Waals surface area contributed by atoms with Gasteiger partial charge in [0.25, 0.3) is 5.89 Å². The summed E-state index contributed by atoms with van der Waals surface area (Å²) in [7, 11) is 0. The zero-order valence-corrected chi connectivity index (χ0v) is 9.17. The van der Waals surface area contributed by atoms with E-state index in [1.807, 2.05) is 0 Å². The standard InChI is InChI=1S/C11H12N4O2/c12-9-6-7(3-4-13-9)11-14-10(15-17-11)8-2-1-5-16-8/h3-4,6,8H,1-2,5H2,(H2,12,13). The van der Waals surface area contributed by atoms with Crippen molar-refractivity contribution in [2.75, 3.05) is 12.3 Å². The predicted molar refractivity (Wildman–Crippen MR) is 59.9 cm³/mol. The van der Waals surface area contributed by atoms with Crippen molar-refractivity contribution in [1.82, 2.24) is 15.1 Å². The number of ether oxygens (including phenoxy) is 1. The number of anilines is 1. The molecule has 0 saturated carbocycles. The summed E-state index contributed by atoms with van der Waals surface area (Å²) in [6, 6.07) is 3.48. The van der Waals surface area contributed by atoms with Gasteiger partial charge in [-0.2, -0.15) is 4.98 Å². The molecule has 17 heavy (non-hydrogen) atoms. The average molecular weight is 232 g/mol. The molecule has 0 aromatic carbocycles. The minimum absolute atomic E-state index is 0.0355. The summed E-state index contributed by atoms with van der Waals surface area (Å²) < 4.78 is 10.7. The quantitative estimate of drug-likeness (QED) is 0.845. The number of hydrogen-bond donors (Lipinski definition) is 1. The number of nitrogens with two attached hydrogens (primary N) is 1. The molecule has 6 nitrogen and oxygen atoms in total. The van der Waals surface area contributed by atoms with Crippen LogP contribution in [0.1, 0.15) is 24.8 Å². The number of rotatable bonds is 2. The largest absolute Gasteiger partial charge is 0.384 e. The second-order valence-electron chi connectivity index (χ2n) is 3.93. The third kappa shape index (κ3) is 1.99. The summed E-state index contributed by atoms with van der Waals surface area (Å²) >= 11 is 0. The highest BCUT2D eigenvalue weighted by Crippen LogP contribution is 2.28. The number of nitrogens with zero attached hydrogens (tertiary/aromatic N) is 3. The zero-order chi connectivity index (χ0) is 11.7. The van der Waals surface area contributed by atoms with Gasteiger partial charge in [-0.1, -0.05) is 5.16 Å². The maximum atomic E-state index is 5.60. The molecule has 0 amide bonds. The van der Waals surface area contributed by atoms with Crippen molar-refractivity contribution < 1.29 is 9.26 Å². The molecule has 1 fully saturated rings. The molecule has 6 heteroatoms. The van der Waals surface area contributed by atoms with Gasteiger partial charge >= 0.3 is 0 Å². The van der Waals surface area contributed by atoms with Gasteiger partial charge in [-0.3, -0.25) is 0 Å². The van der Waals surface area contributed by atoms with Gasteiger partial charge in [0.2, 0.25) is 5.82 Å². The van der Waals surface area contributed by atoms with E-state index in [1.54, 1.807) is 18.3 Å². The summed E-state index contributed by atoms with van der Waals surface area (Å²) in [5, 5.41) is 3.93. The van der Waals surface area contributed by atoms with Crippen LogP contribution in [-0.4, -0.2) is 21.7 Å². The Kier molecular flexibility index (Phi) is 2.49. The number of pyridine rings is 1. The van der Waals surface area contributed by atoms with E-state index < -0.39 is 0 Å². The van der Waals surface area contributed by atoms with Gasteiger partial charge < -0.3 is 15.0 Å². The molecule has 1 saturated heterocycles. The second-order valence-corrected chi connectivity index (χ2v) is 3.93. The topological polar surface area (TPSA) is 87.1 Å². The molecule has 2 N–H and O–H groups in total. The Hall–Kier alpha value is -1.95. The SMILES string of the molecule is Nc1cc(-c2nc(C3CCCO3)no2)ccn1. The first-order valence-corrected chi connectivity index (χ1v) is 5.50. The maximum Gasteiger partial charge on any atom is 0.258 e. The summed E-state index contributed by atoms with van der Waals surface area (Å²) in [6.07, 6.45) is 3.56. The van der Waals surface area contributed by atoms with Gasteiger partial charge in [-0.05, 0) is 25.0 Å².